The molecule has 0 saturated heterocycles. The van der Waals surface area contributed by atoms with Crippen LogP contribution in [0.25, 0.3) is 0 Å². The zero-order valence-corrected chi connectivity index (χ0v) is 21.4. The van der Waals surface area contributed by atoms with Gasteiger partial charge in [-0.2, -0.15) is 0 Å². The molecule has 170 valence electrons. The normalized spacial score (nSPS) is 11.4. The lowest BCUT2D eigenvalue weighted by Crippen LogP contribution is -2.42. The molecule has 0 spiro atoms. The van der Waals surface area contributed by atoms with Crippen LogP contribution >= 0.6 is 24.0 Å². The first-order valence-electron chi connectivity index (χ1n) is 9.79. The number of amides is 2. The maximum absolute atomic E-state index is 12.1. The van der Waals surface area contributed by atoms with Crippen molar-refractivity contribution < 1.29 is 14.3 Å². The van der Waals surface area contributed by atoms with E-state index in [0.717, 1.165) is 11.4 Å². The second-order valence-electron chi connectivity index (χ2n) is 8.24. The van der Waals surface area contributed by atoms with Gasteiger partial charge < -0.3 is 25.6 Å². The molecule has 0 atom stereocenters. The van der Waals surface area contributed by atoms with Crippen LogP contribution in [0, 0.1) is 0 Å². The Morgan fingerprint density at radius 3 is 2.23 bits per heavy atom. The Morgan fingerprint density at radius 2 is 1.73 bits per heavy atom. The summed E-state index contributed by atoms with van der Waals surface area (Å²) >= 11 is 0. The van der Waals surface area contributed by atoms with Crippen molar-refractivity contribution in [3.63, 3.8) is 0 Å². The van der Waals surface area contributed by atoms with Crippen LogP contribution in [0.1, 0.15) is 41.0 Å². The number of hydrogen-bond donors (Lipinski definition) is 3. The minimum Gasteiger partial charge on any atom is -0.491 e. The highest BCUT2D eigenvalue weighted by molar-refractivity contribution is 14.0. The monoisotopic (exact) mass is 533 g/mol. The average Bonchev–Trinajstić information content (AvgIpc) is 2.59. The first kappa shape index (κ1) is 28.0. The molecular weight excluding hydrogens is 497 g/mol. The molecule has 0 aromatic heterocycles. The summed E-state index contributed by atoms with van der Waals surface area (Å²) in [5.41, 5.74) is 0.473. The van der Waals surface area contributed by atoms with Crippen LogP contribution in [0.3, 0.4) is 0 Å². The zero-order valence-electron chi connectivity index (χ0n) is 19.0. The molecule has 0 radical (unpaired) electrons. The van der Waals surface area contributed by atoms with Crippen LogP contribution in [-0.4, -0.2) is 61.5 Å². The number of nitrogens with zero attached hydrogens (tertiary/aromatic N) is 2. The van der Waals surface area contributed by atoms with Crippen molar-refractivity contribution in [2.75, 3.05) is 32.5 Å². The minimum atomic E-state index is -0.321. The molecule has 0 fully saturated rings. The maximum atomic E-state index is 12.1. The largest absolute Gasteiger partial charge is 0.491 e. The van der Waals surface area contributed by atoms with Crippen LogP contribution in [-0.2, 0) is 9.59 Å². The summed E-state index contributed by atoms with van der Waals surface area (Å²) in [7, 11) is 3.43. The number of anilines is 1. The van der Waals surface area contributed by atoms with Gasteiger partial charge in [0.2, 0.25) is 11.8 Å². The topological polar surface area (TPSA) is 95.1 Å². The van der Waals surface area contributed by atoms with Gasteiger partial charge in [-0.25, -0.2) is 4.99 Å². The maximum Gasteiger partial charge on any atom is 0.242 e. The van der Waals surface area contributed by atoms with Gasteiger partial charge >= 0.3 is 0 Å². The van der Waals surface area contributed by atoms with E-state index in [-0.39, 0.29) is 54.0 Å². The highest BCUT2D eigenvalue weighted by Crippen LogP contribution is 2.16. The number of hydrogen-bond acceptors (Lipinski definition) is 4. The molecular formula is C21H36IN5O3. The molecule has 0 unspecified atom stereocenters. The van der Waals surface area contributed by atoms with E-state index in [1.54, 1.807) is 14.1 Å². The third kappa shape index (κ3) is 12.5. The molecule has 8 nitrogen and oxygen atoms in total. The van der Waals surface area contributed by atoms with Gasteiger partial charge in [0.25, 0.3) is 0 Å². The number of benzene rings is 1. The number of rotatable bonds is 8. The van der Waals surface area contributed by atoms with E-state index in [1.807, 2.05) is 58.9 Å². The molecule has 1 aromatic rings. The van der Waals surface area contributed by atoms with E-state index in [9.17, 15) is 9.59 Å². The highest BCUT2D eigenvalue weighted by atomic mass is 127. The molecule has 0 aliphatic carbocycles. The van der Waals surface area contributed by atoms with Crippen molar-refractivity contribution in [3.8, 4) is 5.75 Å². The van der Waals surface area contributed by atoms with Gasteiger partial charge in [0.15, 0.2) is 5.96 Å². The molecule has 1 rings (SSSR count). The molecule has 0 bridgehead atoms. The van der Waals surface area contributed by atoms with Crippen molar-refractivity contribution in [1.29, 1.82) is 0 Å². The van der Waals surface area contributed by atoms with Crippen molar-refractivity contribution in [2.24, 2.45) is 4.99 Å². The molecule has 0 aliphatic heterocycles. The summed E-state index contributed by atoms with van der Waals surface area (Å²) in [4.78, 5) is 29.7. The molecule has 3 N–H and O–H groups in total. The van der Waals surface area contributed by atoms with E-state index in [4.69, 9.17) is 4.74 Å². The minimum absolute atomic E-state index is 0. The Morgan fingerprint density at radius 1 is 1.13 bits per heavy atom. The summed E-state index contributed by atoms with van der Waals surface area (Å²) in [6.07, 6.45) is 0.423. The zero-order chi connectivity index (χ0) is 22.0. The molecule has 0 aliphatic rings. The molecule has 0 saturated carbocycles. The summed E-state index contributed by atoms with van der Waals surface area (Å²) in [6.45, 7) is 10.1. The number of guanidine groups is 1. The summed E-state index contributed by atoms with van der Waals surface area (Å²) in [6, 6.07) is 7.47. The fraction of sp³-hybridized carbons (Fsp3) is 0.571. The Balaban J connectivity index is 0.00000841. The van der Waals surface area contributed by atoms with E-state index >= 15 is 0 Å². The van der Waals surface area contributed by atoms with Crippen LogP contribution in [0.4, 0.5) is 5.69 Å². The molecule has 9 heteroatoms. The number of nitrogens with one attached hydrogen (secondary N) is 3. The van der Waals surface area contributed by atoms with Crippen LogP contribution in [0.5, 0.6) is 5.75 Å². The number of aliphatic imine (C=N–C) groups is 1. The quantitative estimate of drug-likeness (QED) is 0.272. The summed E-state index contributed by atoms with van der Waals surface area (Å²) in [5.74, 6) is 1.04. The lowest BCUT2D eigenvalue weighted by molar-refractivity contribution is -0.128. The average molecular weight is 533 g/mol. The van der Waals surface area contributed by atoms with Gasteiger partial charge in [-0.05, 0) is 58.9 Å². The Hall–Kier alpha value is -2.04. The lowest BCUT2D eigenvalue weighted by Gasteiger charge is -2.20. The molecule has 0 heterocycles. The van der Waals surface area contributed by atoms with E-state index in [1.165, 1.54) is 4.90 Å². The third-order valence-corrected chi connectivity index (χ3v) is 3.51. The van der Waals surface area contributed by atoms with Crippen LogP contribution in [0.15, 0.2) is 29.3 Å². The Kier molecular flexibility index (Phi) is 12.4. The van der Waals surface area contributed by atoms with Gasteiger partial charge in [0, 0.05) is 38.3 Å². The van der Waals surface area contributed by atoms with Gasteiger partial charge in [0.1, 0.15) is 12.3 Å². The van der Waals surface area contributed by atoms with E-state index in [2.05, 4.69) is 20.9 Å². The second kappa shape index (κ2) is 13.3. The summed E-state index contributed by atoms with van der Waals surface area (Å²) < 4.78 is 5.64. The first-order chi connectivity index (χ1) is 13.5. The fourth-order valence-corrected chi connectivity index (χ4v) is 2.29. The second-order valence-corrected chi connectivity index (χ2v) is 8.24. The smallest absolute Gasteiger partial charge is 0.242 e. The van der Waals surface area contributed by atoms with Gasteiger partial charge in [-0.3, -0.25) is 9.59 Å². The lowest BCUT2D eigenvalue weighted by atomic mass is 10.1. The SMILES string of the molecule is CC(C)Oc1ccc(NC(=NCC(=O)NC(C)(C)C)NCCC(=O)N(C)C)cc1.I. The molecule has 1 aromatic carbocycles. The Labute approximate surface area is 197 Å². The molecule has 2 amide bonds. The van der Waals surface area contributed by atoms with Crippen molar-refractivity contribution in [1.82, 2.24) is 15.5 Å². The van der Waals surface area contributed by atoms with Gasteiger partial charge in [-0.15, -0.1) is 24.0 Å². The van der Waals surface area contributed by atoms with Crippen molar-refractivity contribution >= 4 is 47.4 Å². The number of ether oxygens (including phenoxy) is 1. The van der Waals surface area contributed by atoms with Gasteiger partial charge in [0.05, 0.1) is 6.10 Å². The third-order valence-electron chi connectivity index (χ3n) is 3.51. The first-order valence-corrected chi connectivity index (χ1v) is 9.79. The van der Waals surface area contributed by atoms with Crippen LogP contribution < -0.4 is 20.7 Å². The number of halogens is 1. The van der Waals surface area contributed by atoms with Gasteiger partial charge in [-0.1, -0.05) is 0 Å². The number of carbonyl (C=O) groups excluding carboxylic acids is 2. The van der Waals surface area contributed by atoms with E-state index < -0.39 is 0 Å². The van der Waals surface area contributed by atoms with Crippen LogP contribution in [0.2, 0.25) is 0 Å². The summed E-state index contributed by atoms with van der Waals surface area (Å²) in [5, 5.41) is 9.13. The standard InChI is InChI=1S/C21H35N5O3.HI/c1-15(2)29-17-10-8-16(9-11-17)24-20(22-13-12-19(28)26(6)7)23-14-18(27)25-21(3,4)5;/h8-11,15H,12-14H2,1-7H3,(H,25,27)(H2,22,23,24);1H. The highest BCUT2D eigenvalue weighted by Gasteiger charge is 2.13. The fourth-order valence-electron chi connectivity index (χ4n) is 2.29. The van der Waals surface area contributed by atoms with Crippen molar-refractivity contribution in [3.05, 3.63) is 24.3 Å². The number of carbonyl (C=O) groups is 2. The van der Waals surface area contributed by atoms with Crippen molar-refractivity contribution in [2.45, 2.75) is 52.7 Å². The Bertz CT molecular complexity index is 698. The van der Waals surface area contributed by atoms with E-state index in [0.29, 0.717) is 18.9 Å². The molecule has 30 heavy (non-hydrogen) atoms. The predicted octanol–water partition coefficient (Wildman–Crippen LogP) is 2.84. The predicted molar refractivity (Wildman–Crippen MR) is 133 cm³/mol.